The van der Waals surface area contributed by atoms with Crippen LogP contribution in [0, 0.1) is 34.0 Å². The van der Waals surface area contributed by atoms with Crippen molar-refractivity contribution in [3.63, 3.8) is 0 Å². The van der Waals surface area contributed by atoms with Crippen molar-refractivity contribution in [2.24, 2.45) is 0 Å². The van der Waals surface area contributed by atoms with Crippen molar-refractivity contribution in [3.8, 4) is 46.1 Å². The second kappa shape index (κ2) is 8.86. The summed E-state index contributed by atoms with van der Waals surface area (Å²) in [4.78, 5) is 0. The molecule has 0 unspecified atom stereocenters. The van der Waals surface area contributed by atoms with Gasteiger partial charge < -0.3 is 4.57 Å². The molecule has 4 nitrogen and oxygen atoms in total. The van der Waals surface area contributed by atoms with Gasteiger partial charge in [0.25, 0.3) is 0 Å². The van der Waals surface area contributed by atoms with Crippen LogP contribution in [0.25, 0.3) is 49.7 Å². The van der Waals surface area contributed by atoms with E-state index in [4.69, 9.17) is 0 Å². The van der Waals surface area contributed by atoms with Gasteiger partial charge in [0, 0.05) is 33.2 Å². The van der Waals surface area contributed by atoms with Crippen molar-refractivity contribution in [1.82, 2.24) is 4.57 Å². The average molecular weight is 471 g/mol. The molecule has 4 heteroatoms. The van der Waals surface area contributed by atoms with E-state index >= 15 is 0 Å². The third kappa shape index (κ3) is 3.43. The number of benzene rings is 5. The molecule has 0 saturated heterocycles. The molecule has 0 aliphatic heterocycles. The summed E-state index contributed by atoms with van der Waals surface area (Å²) in [6.45, 7) is 0. The SMILES string of the molecule is N#Cc1ccccc1-c1cccc2c3cc(-c4c(C#N)cccc4C#N)ccc3n(-c3ccccc3)c12. The van der Waals surface area contributed by atoms with Crippen LogP contribution < -0.4 is 0 Å². The van der Waals surface area contributed by atoms with Crippen LogP contribution in [0.1, 0.15) is 16.7 Å². The van der Waals surface area contributed by atoms with E-state index in [1.165, 1.54) is 0 Å². The van der Waals surface area contributed by atoms with E-state index in [1.807, 2.05) is 60.7 Å². The molecule has 6 rings (SSSR count). The monoisotopic (exact) mass is 470 g/mol. The van der Waals surface area contributed by atoms with Crippen molar-refractivity contribution in [3.05, 3.63) is 126 Å². The van der Waals surface area contributed by atoms with Crippen molar-refractivity contribution < 1.29 is 0 Å². The van der Waals surface area contributed by atoms with Crippen LogP contribution in [0.15, 0.2) is 109 Å². The van der Waals surface area contributed by atoms with Crippen LogP contribution in [0.2, 0.25) is 0 Å². The Balaban J connectivity index is 1.76. The van der Waals surface area contributed by atoms with Gasteiger partial charge in [0.05, 0.1) is 45.9 Å². The molecule has 0 atom stereocenters. The maximum atomic E-state index is 9.83. The Bertz CT molecular complexity index is 1930. The number of fused-ring (bicyclic) bond motifs is 3. The van der Waals surface area contributed by atoms with Gasteiger partial charge in [-0.05, 0) is 48.0 Å². The summed E-state index contributed by atoms with van der Waals surface area (Å²) in [6.07, 6.45) is 0. The molecule has 5 aromatic carbocycles. The fourth-order valence-electron chi connectivity index (χ4n) is 5.15. The summed E-state index contributed by atoms with van der Waals surface area (Å²) in [6, 6.07) is 42.1. The van der Waals surface area contributed by atoms with Crippen molar-refractivity contribution in [2.45, 2.75) is 0 Å². The van der Waals surface area contributed by atoms with Crippen LogP contribution in [0.3, 0.4) is 0 Å². The second-order valence-corrected chi connectivity index (χ2v) is 8.71. The van der Waals surface area contributed by atoms with Gasteiger partial charge in [0.15, 0.2) is 0 Å². The molecule has 0 aliphatic carbocycles. The summed E-state index contributed by atoms with van der Waals surface area (Å²) in [5.41, 5.74) is 7.84. The molecule has 0 spiro atoms. The highest BCUT2D eigenvalue weighted by atomic mass is 15.0. The first kappa shape index (κ1) is 21.9. The van der Waals surface area contributed by atoms with E-state index < -0.39 is 0 Å². The molecule has 6 aromatic rings. The number of nitrogens with zero attached hydrogens (tertiary/aromatic N) is 4. The van der Waals surface area contributed by atoms with Gasteiger partial charge in [0.2, 0.25) is 0 Å². The topological polar surface area (TPSA) is 76.3 Å². The molecule has 0 aliphatic rings. The summed E-state index contributed by atoms with van der Waals surface area (Å²) in [7, 11) is 0. The maximum Gasteiger partial charge on any atom is 0.0998 e. The van der Waals surface area contributed by atoms with Crippen LogP contribution >= 0.6 is 0 Å². The Morgan fingerprint density at radius 2 is 1.14 bits per heavy atom. The maximum absolute atomic E-state index is 9.83. The lowest BCUT2D eigenvalue weighted by atomic mass is 9.94. The predicted octanol–water partition coefficient (Wildman–Crippen LogP) is 7.73. The minimum Gasteiger partial charge on any atom is -0.309 e. The van der Waals surface area contributed by atoms with E-state index in [-0.39, 0.29) is 0 Å². The third-order valence-corrected chi connectivity index (χ3v) is 6.73. The van der Waals surface area contributed by atoms with Gasteiger partial charge in [-0.25, -0.2) is 0 Å². The summed E-state index contributed by atoms with van der Waals surface area (Å²) < 4.78 is 2.22. The van der Waals surface area contributed by atoms with E-state index in [9.17, 15) is 15.8 Å². The number of aromatic nitrogens is 1. The molecule has 1 aromatic heterocycles. The molecule has 0 amide bonds. The van der Waals surface area contributed by atoms with E-state index in [1.54, 1.807) is 18.2 Å². The number of nitriles is 3. The summed E-state index contributed by atoms with van der Waals surface area (Å²) in [5.74, 6) is 0. The highest BCUT2D eigenvalue weighted by Gasteiger charge is 2.19. The standard InChI is InChI=1S/C33H18N4/c34-19-23-8-4-5-13-27(23)28-14-7-15-29-30-18-22(32-24(20-35)9-6-10-25(32)21-36)16-17-31(30)37(33(28)29)26-11-2-1-3-12-26/h1-18H. The van der Waals surface area contributed by atoms with Gasteiger partial charge in [-0.3, -0.25) is 0 Å². The van der Waals surface area contributed by atoms with Crippen molar-refractivity contribution in [1.29, 1.82) is 15.8 Å². The molecule has 170 valence electrons. The number of para-hydroxylation sites is 2. The molecule has 0 radical (unpaired) electrons. The van der Waals surface area contributed by atoms with Crippen LogP contribution in [0.5, 0.6) is 0 Å². The lowest BCUT2D eigenvalue weighted by Crippen LogP contribution is -1.96. The van der Waals surface area contributed by atoms with Crippen LogP contribution in [0.4, 0.5) is 0 Å². The third-order valence-electron chi connectivity index (χ3n) is 6.73. The second-order valence-electron chi connectivity index (χ2n) is 8.71. The minimum atomic E-state index is 0.467. The Morgan fingerprint density at radius 3 is 1.86 bits per heavy atom. The molecular weight excluding hydrogens is 452 g/mol. The van der Waals surface area contributed by atoms with Gasteiger partial charge >= 0.3 is 0 Å². The number of hydrogen-bond acceptors (Lipinski definition) is 3. The van der Waals surface area contributed by atoms with Gasteiger partial charge in [-0.1, -0.05) is 66.7 Å². The molecule has 37 heavy (non-hydrogen) atoms. The first-order valence-electron chi connectivity index (χ1n) is 11.8. The lowest BCUT2D eigenvalue weighted by Gasteiger charge is -2.12. The Morgan fingerprint density at radius 1 is 0.514 bits per heavy atom. The van der Waals surface area contributed by atoms with Crippen molar-refractivity contribution >= 4 is 21.8 Å². The van der Waals surface area contributed by atoms with E-state index in [0.29, 0.717) is 22.3 Å². The highest BCUT2D eigenvalue weighted by molar-refractivity contribution is 6.15. The molecular formula is C33H18N4. The summed E-state index contributed by atoms with van der Waals surface area (Å²) in [5, 5.41) is 31.4. The zero-order valence-electron chi connectivity index (χ0n) is 19.7. The molecule has 0 N–H and O–H groups in total. The van der Waals surface area contributed by atoms with Gasteiger partial charge in [-0.15, -0.1) is 0 Å². The highest BCUT2D eigenvalue weighted by Crippen LogP contribution is 2.41. The fourth-order valence-corrected chi connectivity index (χ4v) is 5.15. The smallest absolute Gasteiger partial charge is 0.0998 e. The largest absolute Gasteiger partial charge is 0.309 e. The number of rotatable bonds is 3. The average Bonchev–Trinajstić information content (AvgIpc) is 3.31. The zero-order chi connectivity index (χ0) is 25.4. The Kier molecular flexibility index (Phi) is 5.24. The molecule has 0 saturated carbocycles. The Hall–Kier alpha value is -5.63. The number of hydrogen-bond donors (Lipinski definition) is 0. The lowest BCUT2D eigenvalue weighted by molar-refractivity contribution is 1.18. The molecule has 0 fully saturated rings. The fraction of sp³-hybridized carbons (Fsp3) is 0. The predicted molar refractivity (Wildman–Crippen MR) is 146 cm³/mol. The normalized spacial score (nSPS) is 10.6. The summed E-state index contributed by atoms with van der Waals surface area (Å²) >= 11 is 0. The quantitative estimate of drug-likeness (QED) is 0.265. The van der Waals surface area contributed by atoms with E-state index in [0.717, 1.165) is 44.2 Å². The first-order chi connectivity index (χ1) is 18.2. The Labute approximate surface area is 214 Å². The van der Waals surface area contributed by atoms with Crippen LogP contribution in [-0.2, 0) is 0 Å². The first-order valence-corrected chi connectivity index (χ1v) is 11.8. The molecule has 1 heterocycles. The van der Waals surface area contributed by atoms with Gasteiger partial charge in [-0.2, -0.15) is 15.8 Å². The minimum absolute atomic E-state index is 0.467. The van der Waals surface area contributed by atoms with Gasteiger partial charge in [0.1, 0.15) is 0 Å². The zero-order valence-corrected chi connectivity index (χ0v) is 19.7. The van der Waals surface area contributed by atoms with Crippen molar-refractivity contribution in [2.75, 3.05) is 0 Å². The molecule has 0 bridgehead atoms. The van der Waals surface area contributed by atoms with Crippen LogP contribution in [-0.4, -0.2) is 4.57 Å². The van der Waals surface area contributed by atoms with E-state index in [2.05, 4.69) is 53.1 Å².